The number of anilines is 3. The van der Waals surface area contributed by atoms with Crippen LogP contribution in [0.5, 0.6) is 0 Å². The molecule has 0 aliphatic carbocycles. The van der Waals surface area contributed by atoms with Gasteiger partial charge in [-0.25, -0.2) is 4.79 Å². The maximum absolute atomic E-state index is 12.5. The molecular formula is C28H29N3O4. The highest BCUT2D eigenvalue weighted by Crippen LogP contribution is 2.41. The van der Waals surface area contributed by atoms with Gasteiger partial charge in [-0.1, -0.05) is 30.3 Å². The number of ether oxygens (including phenoxy) is 1. The highest BCUT2D eigenvalue weighted by Gasteiger charge is 2.33. The molecule has 35 heavy (non-hydrogen) atoms. The van der Waals surface area contributed by atoms with Crippen LogP contribution in [0.3, 0.4) is 0 Å². The van der Waals surface area contributed by atoms with Crippen LogP contribution in [0.15, 0.2) is 66.7 Å². The summed E-state index contributed by atoms with van der Waals surface area (Å²) in [5, 5.41) is 6.35. The second kappa shape index (κ2) is 10.0. The zero-order valence-electron chi connectivity index (χ0n) is 20.3. The number of esters is 1. The standard InChI is InChI=1S/C28H29N3O4/c1-17-14-26(30-25-11-6-5-10-23(25)28(34)35-4)24-16-21(12-13-27(24)31(17)19(3)33)20-8-7-9-22(15-20)29-18(2)32/h5-13,15-17,26,30H,14H2,1-4H3,(H,29,32)/t17-,26+/m0/s1. The molecule has 0 unspecified atom stereocenters. The van der Waals surface area contributed by atoms with E-state index in [4.69, 9.17) is 4.74 Å². The van der Waals surface area contributed by atoms with E-state index in [0.717, 1.165) is 22.4 Å². The lowest BCUT2D eigenvalue weighted by molar-refractivity contribution is -0.117. The maximum Gasteiger partial charge on any atom is 0.339 e. The van der Waals surface area contributed by atoms with Crippen molar-refractivity contribution in [2.24, 2.45) is 0 Å². The second-order valence-corrected chi connectivity index (χ2v) is 8.74. The molecule has 1 heterocycles. The van der Waals surface area contributed by atoms with Gasteiger partial charge in [0.2, 0.25) is 11.8 Å². The number of hydrogen-bond acceptors (Lipinski definition) is 5. The van der Waals surface area contributed by atoms with Gasteiger partial charge in [0.05, 0.1) is 18.7 Å². The van der Waals surface area contributed by atoms with Crippen molar-refractivity contribution < 1.29 is 19.1 Å². The van der Waals surface area contributed by atoms with Crippen LogP contribution in [0.4, 0.5) is 17.1 Å². The first-order valence-electron chi connectivity index (χ1n) is 11.5. The van der Waals surface area contributed by atoms with E-state index >= 15 is 0 Å². The summed E-state index contributed by atoms with van der Waals surface area (Å²) in [5.41, 5.74) is 5.55. The van der Waals surface area contributed by atoms with Gasteiger partial charge in [-0.15, -0.1) is 0 Å². The molecule has 0 bridgehead atoms. The largest absolute Gasteiger partial charge is 0.465 e. The minimum absolute atomic E-state index is 0.0208. The Hall–Kier alpha value is -4.13. The van der Waals surface area contributed by atoms with Crippen LogP contribution in [0.2, 0.25) is 0 Å². The van der Waals surface area contributed by atoms with Crippen LogP contribution in [-0.2, 0) is 14.3 Å². The van der Waals surface area contributed by atoms with Crippen LogP contribution >= 0.6 is 0 Å². The smallest absolute Gasteiger partial charge is 0.339 e. The number of fused-ring (bicyclic) bond motifs is 1. The first-order chi connectivity index (χ1) is 16.8. The summed E-state index contributed by atoms with van der Waals surface area (Å²) in [6.45, 7) is 5.08. The van der Waals surface area contributed by atoms with Gasteiger partial charge < -0.3 is 20.3 Å². The van der Waals surface area contributed by atoms with Crippen molar-refractivity contribution in [1.82, 2.24) is 0 Å². The molecule has 0 saturated heterocycles. The van der Waals surface area contributed by atoms with Crippen molar-refractivity contribution in [2.45, 2.75) is 39.3 Å². The molecular weight excluding hydrogens is 442 g/mol. The van der Waals surface area contributed by atoms with Gasteiger partial charge in [-0.2, -0.15) is 0 Å². The van der Waals surface area contributed by atoms with Crippen molar-refractivity contribution >= 4 is 34.8 Å². The number of para-hydroxylation sites is 1. The number of carbonyl (C=O) groups is 3. The predicted molar refractivity (Wildman–Crippen MR) is 138 cm³/mol. The Balaban J connectivity index is 1.78. The molecule has 3 aromatic rings. The molecule has 2 atom stereocenters. The van der Waals surface area contributed by atoms with Crippen molar-refractivity contribution in [2.75, 3.05) is 22.6 Å². The average Bonchev–Trinajstić information content (AvgIpc) is 2.83. The van der Waals surface area contributed by atoms with Crippen LogP contribution < -0.4 is 15.5 Å². The lowest BCUT2D eigenvalue weighted by Gasteiger charge is -2.40. The second-order valence-electron chi connectivity index (χ2n) is 8.74. The Labute approximate surface area is 205 Å². The molecule has 0 saturated carbocycles. The van der Waals surface area contributed by atoms with Gasteiger partial charge in [-0.05, 0) is 66.4 Å². The molecule has 180 valence electrons. The first-order valence-corrected chi connectivity index (χ1v) is 11.5. The molecule has 7 nitrogen and oxygen atoms in total. The Morgan fingerprint density at radius 1 is 0.943 bits per heavy atom. The summed E-state index contributed by atoms with van der Waals surface area (Å²) in [4.78, 5) is 38.2. The fourth-order valence-electron chi connectivity index (χ4n) is 4.72. The van der Waals surface area contributed by atoms with E-state index < -0.39 is 5.97 Å². The minimum Gasteiger partial charge on any atom is -0.465 e. The van der Waals surface area contributed by atoms with E-state index in [0.29, 0.717) is 23.4 Å². The molecule has 3 aromatic carbocycles. The number of nitrogens with one attached hydrogen (secondary N) is 2. The number of methoxy groups -OCH3 is 1. The summed E-state index contributed by atoms with van der Waals surface area (Å²) in [7, 11) is 1.36. The monoisotopic (exact) mass is 471 g/mol. The highest BCUT2D eigenvalue weighted by molar-refractivity contribution is 5.97. The number of amides is 2. The third-order valence-electron chi connectivity index (χ3n) is 6.20. The van der Waals surface area contributed by atoms with Gasteiger partial charge in [0.1, 0.15) is 0 Å². The number of hydrogen-bond donors (Lipinski definition) is 2. The van der Waals surface area contributed by atoms with Gasteiger partial charge >= 0.3 is 5.97 Å². The summed E-state index contributed by atoms with van der Waals surface area (Å²) >= 11 is 0. The van der Waals surface area contributed by atoms with Gasteiger partial charge in [0.15, 0.2) is 0 Å². The summed E-state index contributed by atoms with van der Waals surface area (Å²) in [6.07, 6.45) is 0.664. The highest BCUT2D eigenvalue weighted by atomic mass is 16.5. The number of rotatable bonds is 5. The average molecular weight is 472 g/mol. The predicted octanol–water partition coefficient (Wildman–Crippen LogP) is 5.40. The Morgan fingerprint density at radius 3 is 2.40 bits per heavy atom. The molecule has 0 radical (unpaired) electrons. The van der Waals surface area contributed by atoms with Gasteiger partial charge in [0.25, 0.3) is 0 Å². The molecule has 2 amide bonds. The van der Waals surface area contributed by atoms with Gasteiger partial charge in [0, 0.05) is 37.0 Å². The van der Waals surface area contributed by atoms with Crippen molar-refractivity contribution in [3.05, 3.63) is 77.9 Å². The number of benzene rings is 3. The van der Waals surface area contributed by atoms with Crippen molar-refractivity contribution in [3.8, 4) is 11.1 Å². The van der Waals surface area contributed by atoms with Crippen molar-refractivity contribution in [1.29, 1.82) is 0 Å². The van der Waals surface area contributed by atoms with Crippen LogP contribution in [0.25, 0.3) is 11.1 Å². The van der Waals surface area contributed by atoms with E-state index in [1.165, 1.54) is 14.0 Å². The maximum atomic E-state index is 12.5. The van der Waals surface area contributed by atoms with Crippen molar-refractivity contribution in [3.63, 3.8) is 0 Å². The first kappa shape index (κ1) is 24.0. The van der Waals surface area contributed by atoms with E-state index in [-0.39, 0.29) is 23.9 Å². The van der Waals surface area contributed by atoms with E-state index in [9.17, 15) is 14.4 Å². The van der Waals surface area contributed by atoms with E-state index in [1.807, 2.05) is 60.4 Å². The summed E-state index contributed by atoms with van der Waals surface area (Å²) in [6, 6.07) is 20.7. The lowest BCUT2D eigenvalue weighted by atomic mass is 9.88. The van der Waals surface area contributed by atoms with E-state index in [2.05, 4.69) is 16.7 Å². The molecule has 1 aliphatic rings. The van der Waals surface area contributed by atoms with Crippen LogP contribution in [0.1, 0.15) is 49.2 Å². The molecule has 7 heteroatoms. The molecule has 4 rings (SSSR count). The SMILES string of the molecule is COC(=O)c1ccccc1N[C@@H]1C[C@H](C)N(C(C)=O)c2ccc(-c3cccc(NC(C)=O)c3)cc21. The number of carbonyl (C=O) groups excluding carboxylic acids is 3. The third-order valence-corrected chi connectivity index (χ3v) is 6.20. The molecule has 0 aromatic heterocycles. The fraction of sp³-hybridized carbons (Fsp3) is 0.250. The molecule has 0 spiro atoms. The Kier molecular flexibility index (Phi) is 6.87. The minimum atomic E-state index is -0.411. The molecule has 2 N–H and O–H groups in total. The normalized spacial score (nSPS) is 16.7. The lowest BCUT2D eigenvalue weighted by Crippen LogP contribution is -2.43. The Bertz CT molecular complexity index is 1290. The van der Waals surface area contributed by atoms with E-state index in [1.54, 1.807) is 19.1 Å². The number of nitrogens with zero attached hydrogens (tertiary/aromatic N) is 1. The topological polar surface area (TPSA) is 87.7 Å². The van der Waals surface area contributed by atoms with Gasteiger partial charge in [-0.3, -0.25) is 9.59 Å². The quantitative estimate of drug-likeness (QED) is 0.487. The summed E-state index contributed by atoms with van der Waals surface area (Å²) < 4.78 is 4.96. The zero-order chi connectivity index (χ0) is 25.1. The molecule has 1 aliphatic heterocycles. The fourth-order valence-corrected chi connectivity index (χ4v) is 4.72. The summed E-state index contributed by atoms with van der Waals surface area (Å²) in [5.74, 6) is -0.564. The molecule has 0 fully saturated rings. The zero-order valence-corrected chi connectivity index (χ0v) is 20.3. The third kappa shape index (κ3) is 5.04. The van der Waals surface area contributed by atoms with Crippen LogP contribution in [-0.4, -0.2) is 30.9 Å². The van der Waals surface area contributed by atoms with Crippen LogP contribution in [0, 0.1) is 0 Å². The Morgan fingerprint density at radius 2 is 1.69 bits per heavy atom.